The van der Waals surface area contributed by atoms with Gasteiger partial charge in [-0.2, -0.15) is 0 Å². The summed E-state index contributed by atoms with van der Waals surface area (Å²) in [6.45, 7) is 20.6. The van der Waals surface area contributed by atoms with Gasteiger partial charge in [-0.05, 0) is 57.4 Å². The number of piperidine rings is 1. The molecule has 0 bridgehead atoms. The number of carbonyl (C=O) groups excluding carboxylic acids is 1. The van der Waals surface area contributed by atoms with Gasteiger partial charge < -0.3 is 14.9 Å². The molecule has 1 atom stereocenters. The zero-order chi connectivity index (χ0) is 26.6. The van der Waals surface area contributed by atoms with E-state index in [1.165, 1.54) is 12.5 Å². The Morgan fingerprint density at radius 2 is 1.77 bits per heavy atom. The zero-order valence-corrected chi connectivity index (χ0v) is 23.1. The van der Waals surface area contributed by atoms with Gasteiger partial charge in [-0.1, -0.05) is 71.1 Å². The lowest BCUT2D eigenvalue weighted by atomic mass is 10.0. The minimum atomic E-state index is -1.00. The van der Waals surface area contributed by atoms with Crippen LogP contribution in [0.5, 0.6) is 0 Å². The molecule has 0 aromatic carbocycles. The average molecular weight is 486 g/mol. The van der Waals surface area contributed by atoms with Gasteiger partial charge in [0.05, 0.1) is 5.57 Å². The van der Waals surface area contributed by atoms with Crippen molar-refractivity contribution in [1.82, 2.24) is 9.80 Å². The Kier molecular flexibility index (Phi) is 12.2. The molecule has 0 aliphatic carbocycles. The Labute approximate surface area is 213 Å². The summed E-state index contributed by atoms with van der Waals surface area (Å²) in [5, 5.41) is 9.11. The van der Waals surface area contributed by atoms with Gasteiger partial charge in [0.15, 0.2) is 5.84 Å². The summed E-state index contributed by atoms with van der Waals surface area (Å²) in [6, 6.07) is 0. The second-order valence-electron chi connectivity index (χ2n) is 10.9. The van der Waals surface area contributed by atoms with Crippen LogP contribution < -0.4 is 0 Å². The maximum Gasteiger partial charge on any atom is 0.335 e. The van der Waals surface area contributed by atoms with Gasteiger partial charge in [-0.15, -0.1) is 0 Å². The lowest BCUT2D eigenvalue weighted by Gasteiger charge is -2.35. The molecule has 1 amide bonds. The number of amides is 1. The topological polar surface area (TPSA) is 73.2 Å². The van der Waals surface area contributed by atoms with E-state index in [1.54, 1.807) is 12.2 Å². The number of rotatable bonds is 9. The summed E-state index contributed by atoms with van der Waals surface area (Å²) in [6.07, 6.45) is 14.3. The Morgan fingerprint density at radius 3 is 2.26 bits per heavy atom. The van der Waals surface area contributed by atoms with Crippen LogP contribution >= 0.6 is 0 Å². The molecule has 1 saturated heterocycles. The van der Waals surface area contributed by atoms with Gasteiger partial charge in [0.1, 0.15) is 5.66 Å². The predicted molar refractivity (Wildman–Crippen MR) is 146 cm³/mol. The Bertz CT molecular complexity index is 849. The molecule has 2 rings (SSSR count). The van der Waals surface area contributed by atoms with Gasteiger partial charge in [-0.25, -0.2) is 9.79 Å². The molecule has 6 heteroatoms. The van der Waals surface area contributed by atoms with E-state index in [0.29, 0.717) is 30.6 Å². The third-order valence-corrected chi connectivity index (χ3v) is 5.90. The SMILES string of the molecule is C=C/C(=C\C=C(/C)CCN1C(=O)C(N2CCCCC2)=NC1(CC)CC=CC)C(=O)O.CC(C)(C)C. The first kappa shape index (κ1) is 30.4. The van der Waals surface area contributed by atoms with Crippen LogP contribution in [0.25, 0.3) is 0 Å². The molecule has 6 nitrogen and oxygen atoms in total. The highest BCUT2D eigenvalue weighted by Gasteiger charge is 2.46. The van der Waals surface area contributed by atoms with Crippen LogP contribution in [0, 0.1) is 5.41 Å². The lowest BCUT2D eigenvalue weighted by Crippen LogP contribution is -2.48. The highest BCUT2D eigenvalue weighted by Crippen LogP contribution is 2.34. The smallest absolute Gasteiger partial charge is 0.335 e. The molecule has 0 aromatic rings. The number of carboxylic acids is 1. The second-order valence-corrected chi connectivity index (χ2v) is 10.9. The summed E-state index contributed by atoms with van der Waals surface area (Å²) in [4.78, 5) is 33.5. The third-order valence-electron chi connectivity index (χ3n) is 5.90. The monoisotopic (exact) mass is 485 g/mol. The number of hydrogen-bond donors (Lipinski definition) is 1. The van der Waals surface area contributed by atoms with E-state index < -0.39 is 11.6 Å². The summed E-state index contributed by atoms with van der Waals surface area (Å²) in [5.74, 6) is -0.369. The first-order valence-corrected chi connectivity index (χ1v) is 12.9. The maximum atomic E-state index is 13.4. The number of allylic oxidation sites excluding steroid dienone is 3. The van der Waals surface area contributed by atoms with Gasteiger partial charge in [0.2, 0.25) is 0 Å². The number of amidine groups is 1. The molecule has 0 saturated carbocycles. The van der Waals surface area contributed by atoms with Crippen LogP contribution in [0.15, 0.2) is 53.1 Å². The molecule has 0 aromatic heterocycles. The number of carboxylic acid groups (broad SMARTS) is 1. The van der Waals surface area contributed by atoms with E-state index in [4.69, 9.17) is 10.1 Å². The van der Waals surface area contributed by atoms with Crippen LogP contribution in [0.3, 0.4) is 0 Å². The normalized spacial score (nSPS) is 21.7. The summed E-state index contributed by atoms with van der Waals surface area (Å²) in [5.41, 5.74) is 1.11. The summed E-state index contributed by atoms with van der Waals surface area (Å²) in [7, 11) is 0. The maximum absolute atomic E-state index is 13.4. The quantitative estimate of drug-likeness (QED) is 0.234. The van der Waals surface area contributed by atoms with Gasteiger partial charge in [-0.3, -0.25) is 4.79 Å². The van der Waals surface area contributed by atoms with Crippen molar-refractivity contribution in [3.8, 4) is 0 Å². The van der Waals surface area contributed by atoms with Gasteiger partial charge in [0.25, 0.3) is 5.91 Å². The minimum absolute atomic E-state index is 0.0175. The van der Waals surface area contributed by atoms with Crippen molar-refractivity contribution in [3.63, 3.8) is 0 Å². The number of likely N-dealkylation sites (tertiary alicyclic amines) is 1. The van der Waals surface area contributed by atoms with E-state index >= 15 is 0 Å². The molecule has 0 radical (unpaired) electrons. The minimum Gasteiger partial charge on any atom is -0.478 e. The molecule has 2 heterocycles. The number of aliphatic carboxylic acids is 1. The Hall–Kier alpha value is -2.63. The Morgan fingerprint density at radius 1 is 1.17 bits per heavy atom. The molecule has 0 spiro atoms. The van der Waals surface area contributed by atoms with E-state index in [9.17, 15) is 9.59 Å². The van der Waals surface area contributed by atoms with Crippen LogP contribution in [0.2, 0.25) is 0 Å². The predicted octanol–water partition coefficient (Wildman–Crippen LogP) is 6.37. The number of aliphatic imine (C=N–C) groups is 1. The zero-order valence-electron chi connectivity index (χ0n) is 23.1. The number of nitrogens with zero attached hydrogens (tertiary/aromatic N) is 3. The lowest BCUT2D eigenvalue weighted by molar-refractivity contribution is -0.132. The fourth-order valence-electron chi connectivity index (χ4n) is 3.94. The van der Waals surface area contributed by atoms with Crippen molar-refractivity contribution in [1.29, 1.82) is 0 Å². The van der Waals surface area contributed by atoms with Crippen molar-refractivity contribution in [2.24, 2.45) is 10.4 Å². The average Bonchev–Trinajstić information content (AvgIpc) is 3.07. The van der Waals surface area contributed by atoms with Crippen molar-refractivity contribution < 1.29 is 14.7 Å². The van der Waals surface area contributed by atoms with Crippen molar-refractivity contribution in [2.75, 3.05) is 19.6 Å². The van der Waals surface area contributed by atoms with Crippen molar-refractivity contribution >= 4 is 17.7 Å². The third kappa shape index (κ3) is 9.87. The van der Waals surface area contributed by atoms with Crippen molar-refractivity contribution in [2.45, 2.75) is 92.7 Å². The van der Waals surface area contributed by atoms with Gasteiger partial charge in [0, 0.05) is 26.1 Å². The molecule has 1 N–H and O–H groups in total. The molecular weight excluding hydrogens is 438 g/mol. The summed E-state index contributed by atoms with van der Waals surface area (Å²) < 4.78 is 0. The van der Waals surface area contributed by atoms with E-state index in [-0.39, 0.29) is 11.5 Å². The van der Waals surface area contributed by atoms with Gasteiger partial charge >= 0.3 is 5.97 Å². The van der Waals surface area contributed by atoms with E-state index in [1.807, 2.05) is 24.8 Å². The molecule has 196 valence electrons. The van der Waals surface area contributed by atoms with Crippen LogP contribution in [-0.4, -0.2) is 57.9 Å². The first-order valence-electron chi connectivity index (χ1n) is 12.9. The standard InChI is InChI=1S/C24H35N3O3.C5H12/c1-5-8-15-24(7-3)25-21(26-16-10-9-11-17-26)22(28)27(24)18-14-19(4)12-13-20(6-2)23(29)30;1-5(2,3)4/h5-6,8,12-13H,2,7,9-11,14-18H2,1,3-4H3,(H,29,30);1-4H3/b8-5?,19-12+,20-13+;. The molecule has 1 unspecified atom stereocenters. The fourth-order valence-corrected chi connectivity index (χ4v) is 3.94. The first-order chi connectivity index (χ1) is 16.4. The van der Waals surface area contributed by atoms with Crippen LogP contribution in [0.4, 0.5) is 0 Å². The van der Waals surface area contributed by atoms with Crippen molar-refractivity contribution in [3.05, 3.63) is 48.1 Å². The molecule has 2 aliphatic heterocycles. The second kappa shape index (κ2) is 14.1. The highest BCUT2D eigenvalue weighted by molar-refractivity contribution is 6.39. The van der Waals surface area contributed by atoms with Crippen LogP contribution in [0.1, 0.15) is 87.0 Å². The summed E-state index contributed by atoms with van der Waals surface area (Å²) >= 11 is 0. The fraction of sp³-hybridized carbons (Fsp3) is 0.621. The molecular formula is C29H47N3O3. The van der Waals surface area contributed by atoms with E-state index in [0.717, 1.165) is 37.9 Å². The molecule has 1 fully saturated rings. The molecule has 35 heavy (non-hydrogen) atoms. The number of carbonyl (C=O) groups is 2. The Balaban J connectivity index is 0.00000111. The molecule has 2 aliphatic rings. The largest absolute Gasteiger partial charge is 0.478 e. The highest BCUT2D eigenvalue weighted by atomic mass is 16.4. The van der Waals surface area contributed by atoms with E-state index in [2.05, 4.69) is 52.2 Å². The number of hydrogen-bond acceptors (Lipinski definition) is 4. The van der Waals surface area contributed by atoms with Crippen LogP contribution in [-0.2, 0) is 9.59 Å².